The monoisotopic (exact) mass is 273 g/mol. The summed E-state index contributed by atoms with van der Waals surface area (Å²) in [6, 6.07) is 0.306. The Morgan fingerprint density at radius 1 is 1.25 bits per heavy atom. The molecule has 0 fully saturated rings. The van der Waals surface area contributed by atoms with Crippen LogP contribution in [-0.4, -0.2) is 32.4 Å². The van der Waals surface area contributed by atoms with Gasteiger partial charge in [0.25, 0.3) is 5.91 Å². The molecule has 1 N–H and O–H groups in total. The SMILES string of the molecule is CCOc1nc(C)c(NC(=O)c2cnccn2)c(C)n1. The summed E-state index contributed by atoms with van der Waals surface area (Å²) < 4.78 is 5.25. The average Bonchev–Trinajstić information content (AvgIpc) is 2.44. The lowest BCUT2D eigenvalue weighted by Gasteiger charge is -2.11. The van der Waals surface area contributed by atoms with Crippen LogP contribution in [0.25, 0.3) is 0 Å². The minimum Gasteiger partial charge on any atom is -0.464 e. The van der Waals surface area contributed by atoms with Gasteiger partial charge >= 0.3 is 6.01 Å². The summed E-state index contributed by atoms with van der Waals surface area (Å²) in [5, 5.41) is 2.74. The maximum absolute atomic E-state index is 12.0. The van der Waals surface area contributed by atoms with Gasteiger partial charge in [-0.1, -0.05) is 0 Å². The summed E-state index contributed by atoms with van der Waals surface area (Å²) in [4.78, 5) is 28.2. The standard InChI is InChI=1S/C13H15N5O2/c1-4-20-13-16-8(2)11(9(3)17-13)18-12(19)10-7-14-5-6-15-10/h5-7H,4H2,1-3H3,(H,18,19). The van der Waals surface area contributed by atoms with Crippen LogP contribution >= 0.6 is 0 Å². The van der Waals surface area contributed by atoms with Crippen molar-refractivity contribution >= 4 is 11.6 Å². The molecule has 0 saturated carbocycles. The van der Waals surface area contributed by atoms with Gasteiger partial charge in [-0.2, -0.15) is 9.97 Å². The van der Waals surface area contributed by atoms with Gasteiger partial charge in [0.2, 0.25) is 0 Å². The lowest BCUT2D eigenvalue weighted by molar-refractivity contribution is 0.102. The molecule has 0 aromatic carbocycles. The number of carbonyl (C=O) groups excluding carboxylic acids is 1. The molecule has 0 aliphatic rings. The quantitative estimate of drug-likeness (QED) is 0.908. The lowest BCUT2D eigenvalue weighted by atomic mass is 10.2. The van der Waals surface area contributed by atoms with Gasteiger partial charge in [-0.3, -0.25) is 9.78 Å². The largest absolute Gasteiger partial charge is 0.464 e. The van der Waals surface area contributed by atoms with E-state index >= 15 is 0 Å². The summed E-state index contributed by atoms with van der Waals surface area (Å²) >= 11 is 0. The van der Waals surface area contributed by atoms with Gasteiger partial charge in [0.05, 0.1) is 29.9 Å². The maximum Gasteiger partial charge on any atom is 0.316 e. The van der Waals surface area contributed by atoms with E-state index in [1.165, 1.54) is 18.6 Å². The molecule has 0 spiro atoms. The maximum atomic E-state index is 12.0. The van der Waals surface area contributed by atoms with E-state index in [9.17, 15) is 4.79 Å². The predicted molar refractivity (Wildman–Crippen MR) is 72.7 cm³/mol. The second-order valence-corrected chi connectivity index (χ2v) is 4.03. The fraction of sp³-hybridized carbons (Fsp3) is 0.308. The van der Waals surface area contributed by atoms with Crippen molar-refractivity contribution in [3.63, 3.8) is 0 Å². The summed E-state index contributed by atoms with van der Waals surface area (Å²) in [5.41, 5.74) is 2.07. The van der Waals surface area contributed by atoms with E-state index in [1.54, 1.807) is 13.8 Å². The first-order valence-electron chi connectivity index (χ1n) is 6.17. The van der Waals surface area contributed by atoms with Crippen molar-refractivity contribution in [3.05, 3.63) is 35.7 Å². The van der Waals surface area contributed by atoms with Gasteiger partial charge in [-0.05, 0) is 20.8 Å². The number of carbonyl (C=O) groups is 1. The first-order chi connectivity index (χ1) is 9.61. The molecule has 7 heteroatoms. The van der Waals surface area contributed by atoms with Gasteiger partial charge in [0.1, 0.15) is 5.69 Å². The molecule has 0 aliphatic carbocycles. The number of nitrogens with one attached hydrogen (secondary N) is 1. The molecule has 0 unspecified atom stereocenters. The summed E-state index contributed by atoms with van der Waals surface area (Å²) in [6.07, 6.45) is 4.37. The first kappa shape index (κ1) is 13.9. The molecular formula is C13H15N5O2. The van der Waals surface area contributed by atoms with E-state index in [0.717, 1.165) is 0 Å². The number of nitrogens with zero attached hydrogens (tertiary/aromatic N) is 4. The molecule has 7 nitrogen and oxygen atoms in total. The Kier molecular flexibility index (Phi) is 4.19. The Morgan fingerprint density at radius 3 is 2.50 bits per heavy atom. The molecule has 0 atom stereocenters. The smallest absolute Gasteiger partial charge is 0.316 e. The number of anilines is 1. The van der Waals surface area contributed by atoms with Gasteiger partial charge in [0.15, 0.2) is 0 Å². The number of aromatic nitrogens is 4. The first-order valence-corrected chi connectivity index (χ1v) is 6.17. The molecule has 0 bridgehead atoms. The number of hydrogen-bond acceptors (Lipinski definition) is 6. The minimum absolute atomic E-state index is 0.236. The van der Waals surface area contributed by atoms with Crippen molar-refractivity contribution in [2.45, 2.75) is 20.8 Å². The van der Waals surface area contributed by atoms with Crippen molar-refractivity contribution in [2.75, 3.05) is 11.9 Å². The average molecular weight is 273 g/mol. The molecular weight excluding hydrogens is 258 g/mol. The molecule has 104 valence electrons. The zero-order chi connectivity index (χ0) is 14.5. The second kappa shape index (κ2) is 6.05. The highest BCUT2D eigenvalue weighted by molar-refractivity contribution is 6.03. The van der Waals surface area contributed by atoms with Gasteiger partial charge in [-0.25, -0.2) is 4.98 Å². The fourth-order valence-corrected chi connectivity index (χ4v) is 1.65. The number of aryl methyl sites for hydroxylation is 2. The van der Waals surface area contributed by atoms with Crippen molar-refractivity contribution in [1.82, 2.24) is 19.9 Å². The Morgan fingerprint density at radius 2 is 1.95 bits per heavy atom. The third kappa shape index (κ3) is 3.05. The van der Waals surface area contributed by atoms with Crippen LogP contribution in [0, 0.1) is 13.8 Å². The van der Waals surface area contributed by atoms with Gasteiger partial charge in [-0.15, -0.1) is 0 Å². The van der Waals surface area contributed by atoms with Crippen LogP contribution in [0.2, 0.25) is 0 Å². The topological polar surface area (TPSA) is 89.9 Å². The van der Waals surface area contributed by atoms with Crippen molar-refractivity contribution in [2.24, 2.45) is 0 Å². The van der Waals surface area contributed by atoms with Crippen LogP contribution in [0.3, 0.4) is 0 Å². The van der Waals surface area contributed by atoms with Gasteiger partial charge in [0, 0.05) is 12.4 Å². The minimum atomic E-state index is -0.350. The third-order valence-corrected chi connectivity index (χ3v) is 2.56. The molecule has 2 aromatic rings. The van der Waals surface area contributed by atoms with E-state index in [4.69, 9.17) is 4.74 Å². The Labute approximate surface area is 116 Å². The normalized spacial score (nSPS) is 10.2. The third-order valence-electron chi connectivity index (χ3n) is 2.56. The zero-order valence-corrected chi connectivity index (χ0v) is 11.5. The molecule has 2 aromatic heterocycles. The Balaban J connectivity index is 2.24. The molecule has 2 heterocycles. The van der Waals surface area contributed by atoms with E-state index in [2.05, 4.69) is 25.3 Å². The van der Waals surface area contributed by atoms with Crippen LogP contribution < -0.4 is 10.1 Å². The molecule has 2 rings (SSSR count). The number of rotatable bonds is 4. The van der Waals surface area contributed by atoms with Crippen molar-refractivity contribution < 1.29 is 9.53 Å². The van der Waals surface area contributed by atoms with Crippen LogP contribution in [0.4, 0.5) is 5.69 Å². The Hall–Kier alpha value is -2.57. The highest BCUT2D eigenvalue weighted by atomic mass is 16.5. The van der Waals surface area contributed by atoms with Crippen LogP contribution in [-0.2, 0) is 0 Å². The summed E-state index contributed by atoms with van der Waals surface area (Å²) in [7, 11) is 0. The van der Waals surface area contributed by atoms with E-state index < -0.39 is 0 Å². The molecule has 1 amide bonds. The molecule has 0 aliphatic heterocycles. The van der Waals surface area contributed by atoms with Crippen LogP contribution in [0.1, 0.15) is 28.8 Å². The van der Waals surface area contributed by atoms with E-state index in [-0.39, 0.29) is 11.6 Å². The fourth-order valence-electron chi connectivity index (χ4n) is 1.65. The van der Waals surface area contributed by atoms with E-state index in [0.29, 0.717) is 29.7 Å². The molecule has 0 saturated heterocycles. The van der Waals surface area contributed by atoms with Crippen LogP contribution in [0.15, 0.2) is 18.6 Å². The van der Waals surface area contributed by atoms with Crippen molar-refractivity contribution in [3.8, 4) is 6.01 Å². The molecule has 0 radical (unpaired) electrons. The predicted octanol–water partition coefficient (Wildman–Crippen LogP) is 1.53. The highest BCUT2D eigenvalue weighted by Gasteiger charge is 2.14. The number of ether oxygens (including phenoxy) is 1. The summed E-state index contributed by atoms with van der Waals surface area (Å²) in [5.74, 6) is -0.350. The van der Waals surface area contributed by atoms with Gasteiger partial charge < -0.3 is 10.1 Å². The Bertz CT molecular complexity index is 592. The highest BCUT2D eigenvalue weighted by Crippen LogP contribution is 2.20. The molecule has 20 heavy (non-hydrogen) atoms. The second-order valence-electron chi connectivity index (χ2n) is 4.03. The van der Waals surface area contributed by atoms with Crippen LogP contribution in [0.5, 0.6) is 6.01 Å². The van der Waals surface area contributed by atoms with Crippen molar-refractivity contribution in [1.29, 1.82) is 0 Å². The number of amides is 1. The number of hydrogen-bond donors (Lipinski definition) is 1. The van der Waals surface area contributed by atoms with E-state index in [1.807, 2.05) is 6.92 Å². The lowest BCUT2D eigenvalue weighted by Crippen LogP contribution is -2.17. The zero-order valence-electron chi connectivity index (χ0n) is 11.5. The summed E-state index contributed by atoms with van der Waals surface area (Å²) in [6.45, 7) is 5.91.